The summed E-state index contributed by atoms with van der Waals surface area (Å²) in [5.41, 5.74) is 11.2. The number of hydrazine groups is 1. The summed E-state index contributed by atoms with van der Waals surface area (Å²) in [6.45, 7) is 78.6. The highest BCUT2D eigenvalue weighted by Crippen LogP contribution is 2.23. The van der Waals surface area contributed by atoms with E-state index in [-0.39, 0.29) is 22.6 Å². The number of nitrogens with zero attached hydrogens (tertiary/aromatic N) is 7. The molecule has 0 heterocycles. The highest BCUT2D eigenvalue weighted by atomic mass is 16.6. The zero-order valence-corrected chi connectivity index (χ0v) is 50.0. The van der Waals surface area contributed by atoms with Crippen LogP contribution in [0.1, 0.15) is 215 Å². The molecular weight excluding hydrogens is 815 g/mol. The maximum atomic E-state index is 5.85. The van der Waals surface area contributed by atoms with Crippen molar-refractivity contribution in [2.75, 3.05) is 26.2 Å². The summed E-state index contributed by atoms with van der Waals surface area (Å²) in [6, 6.07) is 0.463. The first-order valence-corrected chi connectivity index (χ1v) is 24.0. The Bertz CT molecular complexity index is 1420. The third-order valence-electron chi connectivity index (χ3n) is 6.83. The Morgan fingerprint density at radius 3 is 1.17 bits per heavy atom. The standard InChI is InChI=1S/C10H21N3.C10H20N2.C10H19N.C7H15N.C7H14.C6H13NO.C6H13N/c1-8(2)12-7-9(3)13(11)10(4,5)6;1-8(2)11-7-9(3)12-10(4,5)6;1-8(2)11-7-9(3)10(4,5)6;1-6(2)5-8-7(3)4;1-6(2)5-7(3)4;1-5(2)7-8-6(3)4;1-5(2)7-6(3)4/h3,7,11H2,1-2,4-6H3;12H,3,7H2,1-2,4-6H3;3,7H2,1-2,4-6H3;6H,5H2,1-4H3;5-6H,1-4H3;6H,1-4H3;5H,1-4H3. The van der Waals surface area contributed by atoms with Gasteiger partial charge in [0.1, 0.15) is 6.10 Å². The molecule has 0 aliphatic heterocycles. The molecule has 0 spiro atoms. The third kappa shape index (κ3) is 83.8. The van der Waals surface area contributed by atoms with Crippen LogP contribution >= 0.6 is 0 Å². The van der Waals surface area contributed by atoms with Gasteiger partial charge in [-0.15, -0.1) is 0 Å². The van der Waals surface area contributed by atoms with Crippen molar-refractivity contribution in [3.8, 4) is 0 Å². The molecule has 0 saturated carbocycles. The van der Waals surface area contributed by atoms with E-state index in [9.17, 15) is 0 Å². The van der Waals surface area contributed by atoms with Gasteiger partial charge in [-0.25, -0.2) is 5.84 Å². The minimum Gasteiger partial charge on any atom is -0.393 e. The van der Waals surface area contributed by atoms with E-state index < -0.39 is 0 Å². The molecule has 0 aromatic rings. The summed E-state index contributed by atoms with van der Waals surface area (Å²) in [5.74, 6) is 7.26. The maximum absolute atomic E-state index is 5.85. The van der Waals surface area contributed by atoms with Gasteiger partial charge in [-0.3, -0.25) is 25.0 Å². The van der Waals surface area contributed by atoms with E-state index in [1.165, 1.54) is 16.9 Å². The van der Waals surface area contributed by atoms with E-state index in [0.717, 1.165) is 53.0 Å². The highest BCUT2D eigenvalue weighted by molar-refractivity contribution is 5.80. The molecule has 3 N–H and O–H groups in total. The van der Waals surface area contributed by atoms with Crippen LogP contribution < -0.4 is 11.2 Å². The minimum absolute atomic E-state index is 0.0890. The van der Waals surface area contributed by atoms with Crippen molar-refractivity contribution in [3.05, 3.63) is 48.4 Å². The van der Waals surface area contributed by atoms with Crippen molar-refractivity contribution in [1.29, 1.82) is 0 Å². The number of aliphatic imine (C=N–C) groups is 5. The summed E-state index contributed by atoms with van der Waals surface area (Å²) in [7, 11) is 0. The Balaban J connectivity index is -0.000000125. The molecular formula is C56H115N9O. The van der Waals surface area contributed by atoms with E-state index >= 15 is 0 Å². The fraction of sp³-hybridized carbons (Fsp3) is 0.750. The van der Waals surface area contributed by atoms with E-state index in [1.54, 1.807) is 5.01 Å². The van der Waals surface area contributed by atoms with Gasteiger partial charge in [0.2, 0.25) is 0 Å². The minimum atomic E-state index is -0.0890. The van der Waals surface area contributed by atoms with Crippen LogP contribution in [-0.4, -0.2) is 88.7 Å². The molecule has 0 unspecified atom stereocenters. The van der Waals surface area contributed by atoms with E-state index in [4.69, 9.17) is 10.7 Å². The zero-order valence-electron chi connectivity index (χ0n) is 50.0. The van der Waals surface area contributed by atoms with E-state index in [2.05, 4.69) is 158 Å². The molecule has 0 radical (unpaired) electrons. The summed E-state index contributed by atoms with van der Waals surface area (Å²) in [5, 5.41) is 8.68. The predicted molar refractivity (Wildman–Crippen MR) is 308 cm³/mol. The number of nitrogens with one attached hydrogen (secondary N) is 1. The molecule has 0 atom stereocenters. The number of nitrogens with two attached hydrogens (primary N) is 1. The lowest BCUT2D eigenvalue weighted by molar-refractivity contribution is 0.0857. The van der Waals surface area contributed by atoms with Crippen LogP contribution in [0.25, 0.3) is 0 Å². The van der Waals surface area contributed by atoms with Crippen LogP contribution in [0.5, 0.6) is 0 Å². The Labute approximate surface area is 413 Å². The van der Waals surface area contributed by atoms with Gasteiger partial charge in [0.25, 0.3) is 0 Å². The van der Waals surface area contributed by atoms with Crippen LogP contribution in [0.2, 0.25) is 0 Å². The van der Waals surface area contributed by atoms with Crippen LogP contribution in [0.4, 0.5) is 0 Å². The van der Waals surface area contributed by atoms with E-state index in [0.29, 0.717) is 31.0 Å². The second-order valence-corrected chi connectivity index (χ2v) is 22.3. The number of rotatable bonds is 14. The third-order valence-corrected chi connectivity index (χ3v) is 6.83. The number of hydrogen-bond donors (Lipinski definition) is 2. The van der Waals surface area contributed by atoms with Gasteiger partial charge in [0, 0.05) is 63.6 Å². The number of oxime groups is 1. The molecule has 0 amide bonds. The molecule has 0 fully saturated rings. The number of allylic oxidation sites excluding steroid dienone is 2. The monoisotopic (exact) mass is 930 g/mol. The average Bonchev–Trinajstić information content (AvgIpc) is 3.08. The Morgan fingerprint density at radius 1 is 0.576 bits per heavy atom. The average molecular weight is 931 g/mol. The van der Waals surface area contributed by atoms with Crippen molar-refractivity contribution in [1.82, 2.24) is 10.3 Å². The largest absolute Gasteiger partial charge is 0.393 e. The van der Waals surface area contributed by atoms with Gasteiger partial charge < -0.3 is 15.2 Å². The molecule has 0 rings (SSSR count). The first-order valence-electron chi connectivity index (χ1n) is 24.0. The molecule has 0 saturated heterocycles. The Morgan fingerprint density at radius 2 is 0.970 bits per heavy atom. The van der Waals surface area contributed by atoms with Crippen LogP contribution in [0.3, 0.4) is 0 Å². The topological polar surface area (TPSA) is 125 Å². The zero-order chi connectivity index (χ0) is 54.4. The van der Waals surface area contributed by atoms with Gasteiger partial charge in [-0.05, 0) is 183 Å². The van der Waals surface area contributed by atoms with Crippen molar-refractivity contribution in [2.24, 2.45) is 53.2 Å². The molecule has 0 aromatic heterocycles. The molecule has 0 aliphatic rings. The SMILES string of the molecule is C=C(CN=C(C)C)C(C)(C)C.C=C(CN=C(C)C)N(N)C(C)(C)C.C=C(CN=C(C)C)NC(C)(C)C.CC(C)=CC(C)C.CC(C)=NC(C)C.CC(C)=NCC(C)C.CC(C)=NOC(C)C. The molecule has 0 aromatic carbocycles. The van der Waals surface area contributed by atoms with Crippen LogP contribution in [0, 0.1) is 17.3 Å². The quantitative estimate of drug-likeness (QED) is 0.0779. The van der Waals surface area contributed by atoms with E-state index in [1.807, 2.05) is 118 Å². The van der Waals surface area contributed by atoms with Crippen molar-refractivity contribution < 1.29 is 4.84 Å². The lowest BCUT2D eigenvalue weighted by atomic mass is 9.88. The maximum Gasteiger partial charge on any atom is 0.122 e. The van der Waals surface area contributed by atoms with Gasteiger partial charge in [0.15, 0.2) is 0 Å². The van der Waals surface area contributed by atoms with Gasteiger partial charge in [-0.2, -0.15) is 0 Å². The Kier molecular flexibility index (Phi) is 49.5. The molecule has 10 heteroatoms. The van der Waals surface area contributed by atoms with Crippen molar-refractivity contribution in [2.45, 2.75) is 238 Å². The molecule has 66 heavy (non-hydrogen) atoms. The van der Waals surface area contributed by atoms with Crippen molar-refractivity contribution >= 4 is 34.3 Å². The van der Waals surface area contributed by atoms with Crippen molar-refractivity contribution in [3.63, 3.8) is 0 Å². The van der Waals surface area contributed by atoms with Gasteiger partial charge in [-0.1, -0.05) is 90.6 Å². The molecule has 0 aliphatic carbocycles. The lowest BCUT2D eigenvalue weighted by Gasteiger charge is -2.33. The van der Waals surface area contributed by atoms with Gasteiger partial charge >= 0.3 is 0 Å². The highest BCUT2D eigenvalue weighted by Gasteiger charge is 2.18. The summed E-state index contributed by atoms with van der Waals surface area (Å²) >= 11 is 0. The molecule has 0 bridgehead atoms. The summed E-state index contributed by atoms with van der Waals surface area (Å²) in [6.07, 6.45) is 2.45. The molecule has 390 valence electrons. The van der Waals surface area contributed by atoms with Crippen LogP contribution in [-0.2, 0) is 4.84 Å². The van der Waals surface area contributed by atoms with Gasteiger partial charge in [0.05, 0.1) is 25.3 Å². The second-order valence-electron chi connectivity index (χ2n) is 22.3. The first kappa shape index (κ1) is 76.6. The Hall–Kier alpha value is -3.66. The first-order chi connectivity index (χ1) is 29.4. The van der Waals surface area contributed by atoms with Crippen LogP contribution in [0.15, 0.2) is 78.5 Å². The fourth-order valence-electron chi connectivity index (χ4n) is 3.87. The predicted octanol–water partition coefficient (Wildman–Crippen LogP) is 15.8. The fourth-order valence-corrected chi connectivity index (χ4v) is 3.87. The lowest BCUT2D eigenvalue weighted by Crippen LogP contribution is -2.46. The normalized spacial score (nSPS) is 10.2. The summed E-state index contributed by atoms with van der Waals surface area (Å²) in [4.78, 5) is 26.2. The number of hydrogen-bond acceptors (Lipinski definition) is 10. The molecule has 10 nitrogen and oxygen atoms in total. The second kappa shape index (κ2) is 42.7. The summed E-state index contributed by atoms with van der Waals surface area (Å²) < 4.78 is 0. The smallest absolute Gasteiger partial charge is 0.122 e.